The molecule has 8 aromatic rings. The first-order chi connectivity index (χ1) is 34.1. The smallest absolute Gasteiger partial charge is 0.0657 e. The zero-order valence-corrected chi connectivity index (χ0v) is 48.3. The largest absolute Gasteiger partial charge is 0.873 e. The normalized spacial score (nSPS) is 12.3. The van der Waals surface area contributed by atoms with E-state index in [4.69, 9.17) is 9.97 Å². The fraction of sp³-hybridized carbons (Fsp3) is 0.312. The SMILES string of the molecule is Cc1cc(C)c(NC(C)c2cccc(C(C)Nc3c(C)cc(C)cc3C)n2)c(C)c1.Cc1cc(C)c(NC(C)c2cccc(C(C)Nc3c(C)cc(C)cc3C)n2)c(C)c1.[Co].[Co].[O-]c1cc2ccccc2cc1[O-]. The van der Waals surface area contributed by atoms with Crippen molar-refractivity contribution in [1.82, 2.24) is 9.97 Å². The number of anilines is 4. The second kappa shape index (κ2) is 26.8. The number of fused-ring (bicyclic) bond motifs is 1. The molecule has 74 heavy (non-hydrogen) atoms. The van der Waals surface area contributed by atoms with Crippen molar-refractivity contribution in [1.29, 1.82) is 0 Å². The molecule has 0 saturated heterocycles. The van der Waals surface area contributed by atoms with Gasteiger partial charge < -0.3 is 31.5 Å². The molecule has 394 valence electrons. The Kier molecular flexibility index (Phi) is 21.8. The molecule has 4 N–H and O–H groups in total. The zero-order valence-electron chi connectivity index (χ0n) is 46.2. The molecule has 2 radical (unpaired) electrons. The van der Waals surface area contributed by atoms with Crippen LogP contribution in [0, 0.1) is 83.1 Å². The van der Waals surface area contributed by atoms with Gasteiger partial charge in [0.05, 0.1) is 46.9 Å². The van der Waals surface area contributed by atoms with Crippen LogP contribution in [-0.2, 0) is 33.6 Å². The Morgan fingerprint density at radius 1 is 0.311 bits per heavy atom. The summed E-state index contributed by atoms with van der Waals surface area (Å²) in [5.41, 5.74) is 24.4. The first-order valence-corrected chi connectivity index (χ1v) is 25.3. The molecule has 0 amide bonds. The first-order valence-electron chi connectivity index (χ1n) is 25.3. The molecular weight excluding hydrogens is 1000 g/mol. The number of nitrogens with zero attached hydrogens (tertiary/aromatic N) is 2. The van der Waals surface area contributed by atoms with Gasteiger partial charge in [-0.1, -0.05) is 119 Å². The minimum atomic E-state index is -0.436. The van der Waals surface area contributed by atoms with Gasteiger partial charge in [-0.15, -0.1) is 11.5 Å². The van der Waals surface area contributed by atoms with E-state index < -0.39 is 11.5 Å². The number of rotatable bonds is 12. The fourth-order valence-corrected chi connectivity index (χ4v) is 9.89. The maximum atomic E-state index is 10.9. The molecule has 0 fully saturated rings. The first kappa shape index (κ1) is 60.2. The van der Waals surface area contributed by atoms with Crippen molar-refractivity contribution in [2.45, 2.75) is 135 Å². The Morgan fingerprint density at radius 3 is 0.716 bits per heavy atom. The van der Waals surface area contributed by atoms with Gasteiger partial charge in [-0.05, 0) is 190 Å². The average molecular weight is 1080 g/mol. The van der Waals surface area contributed by atoms with Crippen LogP contribution in [0.5, 0.6) is 11.5 Å². The van der Waals surface area contributed by atoms with Crippen LogP contribution in [0.2, 0.25) is 0 Å². The maximum absolute atomic E-state index is 10.9. The van der Waals surface area contributed by atoms with Gasteiger partial charge in [0.2, 0.25) is 0 Å². The van der Waals surface area contributed by atoms with Gasteiger partial charge >= 0.3 is 0 Å². The van der Waals surface area contributed by atoms with Gasteiger partial charge in [0.25, 0.3) is 0 Å². The van der Waals surface area contributed by atoms with Gasteiger partial charge in [0.15, 0.2) is 0 Å². The van der Waals surface area contributed by atoms with Gasteiger partial charge in [-0.3, -0.25) is 9.97 Å². The summed E-state index contributed by atoms with van der Waals surface area (Å²) in [4.78, 5) is 9.99. The Bertz CT molecular complexity index is 2720. The van der Waals surface area contributed by atoms with Crippen LogP contribution in [0.25, 0.3) is 10.8 Å². The number of aromatic nitrogens is 2. The van der Waals surface area contributed by atoms with Crippen molar-refractivity contribution in [3.63, 3.8) is 0 Å². The monoisotopic (exact) mass is 1080 g/mol. The van der Waals surface area contributed by atoms with Crippen molar-refractivity contribution in [2.24, 2.45) is 0 Å². The molecule has 4 atom stereocenters. The van der Waals surface area contributed by atoms with E-state index in [2.05, 4.69) is 217 Å². The van der Waals surface area contributed by atoms with E-state index in [-0.39, 0.29) is 57.7 Å². The van der Waals surface area contributed by atoms with Crippen molar-refractivity contribution < 1.29 is 43.8 Å². The molecule has 0 bridgehead atoms. The van der Waals surface area contributed by atoms with Gasteiger partial charge in [-0.2, -0.15) is 0 Å². The number of pyridine rings is 2. The van der Waals surface area contributed by atoms with Crippen LogP contribution in [0.3, 0.4) is 0 Å². The minimum absolute atomic E-state index is 0. The predicted molar refractivity (Wildman–Crippen MR) is 302 cm³/mol. The number of hydrogen-bond donors (Lipinski definition) is 4. The van der Waals surface area contributed by atoms with Crippen LogP contribution in [0.4, 0.5) is 22.7 Å². The molecule has 0 saturated carbocycles. The second-order valence-electron chi connectivity index (χ2n) is 20.2. The summed E-state index contributed by atoms with van der Waals surface area (Å²) in [6, 6.07) is 41.0. The van der Waals surface area contributed by atoms with Crippen molar-refractivity contribution in [3.8, 4) is 11.5 Å². The van der Waals surface area contributed by atoms with E-state index in [1.807, 2.05) is 24.3 Å². The molecule has 10 heteroatoms. The van der Waals surface area contributed by atoms with Gasteiger partial charge in [0.1, 0.15) is 0 Å². The maximum Gasteiger partial charge on any atom is 0.0657 e. The Labute approximate surface area is 463 Å². The third kappa shape index (κ3) is 15.6. The number of hydrogen-bond acceptors (Lipinski definition) is 8. The van der Waals surface area contributed by atoms with E-state index in [9.17, 15) is 10.2 Å². The summed E-state index contributed by atoms with van der Waals surface area (Å²) >= 11 is 0. The topological polar surface area (TPSA) is 120 Å². The molecule has 0 aliphatic heterocycles. The van der Waals surface area contributed by atoms with E-state index in [1.165, 1.54) is 102 Å². The quantitative estimate of drug-likeness (QED) is 0.0955. The minimum Gasteiger partial charge on any atom is -0.873 e. The molecule has 2 aromatic heterocycles. The van der Waals surface area contributed by atoms with Crippen LogP contribution >= 0.6 is 0 Å². The second-order valence-corrected chi connectivity index (χ2v) is 20.2. The molecule has 0 aliphatic rings. The summed E-state index contributed by atoms with van der Waals surface area (Å²) in [6.07, 6.45) is 0. The van der Waals surface area contributed by atoms with E-state index in [1.54, 1.807) is 0 Å². The molecule has 6 aromatic carbocycles. The predicted octanol–water partition coefficient (Wildman–Crippen LogP) is 15.5. The van der Waals surface area contributed by atoms with E-state index >= 15 is 0 Å². The third-order valence-electron chi connectivity index (χ3n) is 13.3. The summed E-state index contributed by atoms with van der Waals surface area (Å²) in [7, 11) is 0. The standard InChI is InChI=1S/2C27H35N3.C10H8O2.2Co/c2*1-16-12-18(3)26(19(4)13-16)28-22(7)24-10-9-11-25(30-24)23(8)29-27-20(5)14-17(2)15-21(27)6;11-9-5-7-3-1-2-4-8(7)6-10(9)12;;/h2*9-15,22-23,28-29H,1-8H3;1-6,11-12H;;/p-2. The third-order valence-corrected chi connectivity index (χ3v) is 13.3. The Hall–Kier alpha value is -6.31. The zero-order chi connectivity index (χ0) is 52.6. The molecular formula is C64H76Co2N6O2-2. The molecule has 0 spiro atoms. The molecule has 2 heterocycles. The van der Waals surface area contributed by atoms with Gasteiger partial charge in [0, 0.05) is 56.3 Å². The summed E-state index contributed by atoms with van der Waals surface area (Å²) in [5, 5.41) is 38.2. The van der Waals surface area contributed by atoms with E-state index in [0.29, 0.717) is 0 Å². The summed E-state index contributed by atoms with van der Waals surface area (Å²) < 4.78 is 0. The molecule has 4 unspecified atom stereocenters. The summed E-state index contributed by atoms with van der Waals surface area (Å²) in [6.45, 7) is 34.6. The molecule has 8 rings (SSSR count). The number of aryl methyl sites for hydroxylation is 12. The van der Waals surface area contributed by atoms with Crippen molar-refractivity contribution >= 4 is 33.5 Å². The number of benzene rings is 6. The van der Waals surface area contributed by atoms with E-state index in [0.717, 1.165) is 33.5 Å². The van der Waals surface area contributed by atoms with Crippen LogP contribution in [0.15, 0.2) is 121 Å². The summed E-state index contributed by atoms with van der Waals surface area (Å²) in [5.74, 6) is -0.873. The van der Waals surface area contributed by atoms with Crippen molar-refractivity contribution in [2.75, 3.05) is 21.3 Å². The van der Waals surface area contributed by atoms with Crippen molar-refractivity contribution in [3.05, 3.63) is 211 Å². The van der Waals surface area contributed by atoms with Crippen LogP contribution in [-0.4, -0.2) is 9.97 Å². The Morgan fingerprint density at radius 2 is 0.514 bits per heavy atom. The fourth-order valence-electron chi connectivity index (χ4n) is 9.89. The van der Waals surface area contributed by atoms with Gasteiger partial charge in [-0.25, -0.2) is 0 Å². The number of nitrogens with one attached hydrogen (secondary N) is 4. The molecule has 0 aliphatic carbocycles. The average Bonchev–Trinajstić information content (AvgIpc) is 3.31. The Balaban J connectivity index is 0.000000256. The van der Waals surface area contributed by atoms with Crippen LogP contribution < -0.4 is 31.5 Å². The van der Waals surface area contributed by atoms with Crippen LogP contribution in [0.1, 0.15) is 141 Å². The molecule has 8 nitrogen and oxygen atoms in total.